The second-order valence-electron chi connectivity index (χ2n) is 5.39. The third-order valence-corrected chi connectivity index (χ3v) is 4.04. The lowest BCUT2D eigenvalue weighted by Crippen LogP contribution is -2.12. The van der Waals surface area contributed by atoms with Crippen molar-refractivity contribution in [2.45, 2.75) is 31.8 Å². The summed E-state index contributed by atoms with van der Waals surface area (Å²) in [6, 6.07) is 8.08. The summed E-state index contributed by atoms with van der Waals surface area (Å²) in [5, 5.41) is 10.4. The van der Waals surface area contributed by atoms with E-state index in [1.165, 1.54) is 31.3 Å². The van der Waals surface area contributed by atoms with Crippen LogP contribution < -0.4 is 0 Å². The summed E-state index contributed by atoms with van der Waals surface area (Å²) in [7, 11) is 0. The molecule has 0 spiro atoms. The normalized spacial score (nSPS) is 26.3. The van der Waals surface area contributed by atoms with Crippen LogP contribution in [0.15, 0.2) is 54.1 Å². The van der Waals surface area contributed by atoms with E-state index in [-0.39, 0.29) is 5.92 Å². The molecule has 98 valence electrons. The molecule has 0 unspecified atom stereocenters. The van der Waals surface area contributed by atoms with Gasteiger partial charge in [0.2, 0.25) is 0 Å². The third kappa shape index (κ3) is 2.71. The van der Waals surface area contributed by atoms with Crippen LogP contribution in [0, 0.1) is 5.92 Å². The standard InChI is InChI=1S/C18H20O/c19-18-16(11-10-14-6-2-1-3-7-14)13-12-15-8-4-5-9-17(15)18/h4-6,8-13,16,18-19H,1-3,7H2/b11-10+/t16-,18-/m0/s1. The van der Waals surface area contributed by atoms with Crippen LogP contribution in [0.4, 0.5) is 0 Å². The molecule has 0 radical (unpaired) electrons. The van der Waals surface area contributed by atoms with Crippen molar-refractivity contribution in [1.82, 2.24) is 0 Å². The first kappa shape index (κ1) is 12.4. The number of allylic oxidation sites excluding steroid dienone is 3. The van der Waals surface area contributed by atoms with Gasteiger partial charge in [0.1, 0.15) is 0 Å². The van der Waals surface area contributed by atoms with Gasteiger partial charge < -0.3 is 5.11 Å². The van der Waals surface area contributed by atoms with Crippen LogP contribution >= 0.6 is 0 Å². The van der Waals surface area contributed by atoms with Crippen LogP contribution in [-0.4, -0.2) is 5.11 Å². The van der Waals surface area contributed by atoms with Gasteiger partial charge >= 0.3 is 0 Å². The van der Waals surface area contributed by atoms with Gasteiger partial charge in [-0.25, -0.2) is 0 Å². The first-order chi connectivity index (χ1) is 9.34. The Labute approximate surface area is 115 Å². The Hall–Kier alpha value is -1.60. The molecule has 2 aliphatic carbocycles. The molecule has 0 amide bonds. The Kier molecular flexibility index (Phi) is 3.65. The van der Waals surface area contributed by atoms with Gasteiger partial charge in [-0.05, 0) is 36.8 Å². The predicted molar refractivity (Wildman–Crippen MR) is 79.6 cm³/mol. The number of benzene rings is 1. The molecule has 1 heteroatoms. The van der Waals surface area contributed by atoms with Crippen LogP contribution in [0.5, 0.6) is 0 Å². The van der Waals surface area contributed by atoms with Gasteiger partial charge in [-0.2, -0.15) is 0 Å². The molecule has 1 aromatic carbocycles. The van der Waals surface area contributed by atoms with Crippen LogP contribution in [0.25, 0.3) is 6.08 Å². The molecule has 0 fully saturated rings. The van der Waals surface area contributed by atoms with Crippen molar-refractivity contribution in [3.05, 3.63) is 65.3 Å². The van der Waals surface area contributed by atoms with Gasteiger partial charge in [0.25, 0.3) is 0 Å². The minimum absolute atomic E-state index is 0.0951. The molecule has 1 N–H and O–H groups in total. The van der Waals surface area contributed by atoms with Gasteiger partial charge in [0, 0.05) is 5.92 Å². The summed E-state index contributed by atoms with van der Waals surface area (Å²) in [5.41, 5.74) is 3.60. The van der Waals surface area contributed by atoms with E-state index in [4.69, 9.17) is 0 Å². The lowest BCUT2D eigenvalue weighted by atomic mass is 9.86. The van der Waals surface area contributed by atoms with Gasteiger partial charge in [-0.15, -0.1) is 0 Å². The van der Waals surface area contributed by atoms with E-state index in [1.807, 2.05) is 18.2 Å². The molecule has 19 heavy (non-hydrogen) atoms. The summed E-state index contributed by atoms with van der Waals surface area (Å²) in [5.74, 6) is 0.0951. The quantitative estimate of drug-likeness (QED) is 0.826. The Morgan fingerprint density at radius 3 is 2.89 bits per heavy atom. The van der Waals surface area contributed by atoms with Gasteiger partial charge in [-0.3, -0.25) is 0 Å². The molecule has 1 aromatic rings. The summed E-state index contributed by atoms with van der Waals surface area (Å²) >= 11 is 0. The monoisotopic (exact) mass is 252 g/mol. The fourth-order valence-electron chi connectivity index (χ4n) is 2.88. The zero-order valence-electron chi connectivity index (χ0n) is 11.1. The van der Waals surface area contributed by atoms with Crippen molar-refractivity contribution in [3.8, 4) is 0 Å². The highest BCUT2D eigenvalue weighted by Crippen LogP contribution is 2.33. The van der Waals surface area contributed by atoms with E-state index >= 15 is 0 Å². The number of aliphatic hydroxyl groups excluding tert-OH is 1. The van der Waals surface area contributed by atoms with Gasteiger partial charge in [0.15, 0.2) is 0 Å². The second-order valence-corrected chi connectivity index (χ2v) is 5.39. The zero-order valence-corrected chi connectivity index (χ0v) is 11.1. The average Bonchev–Trinajstić information content (AvgIpc) is 2.48. The summed E-state index contributed by atoms with van der Waals surface area (Å²) in [4.78, 5) is 0. The van der Waals surface area contributed by atoms with Crippen molar-refractivity contribution in [2.24, 2.45) is 5.92 Å². The molecule has 0 aromatic heterocycles. The van der Waals surface area contributed by atoms with Crippen molar-refractivity contribution >= 4 is 6.08 Å². The average molecular weight is 252 g/mol. The van der Waals surface area contributed by atoms with Crippen molar-refractivity contribution in [2.75, 3.05) is 0 Å². The smallest absolute Gasteiger partial charge is 0.0893 e. The van der Waals surface area contributed by atoms with Crippen molar-refractivity contribution < 1.29 is 5.11 Å². The predicted octanol–water partition coefficient (Wildman–Crippen LogP) is 4.42. The Morgan fingerprint density at radius 2 is 2.05 bits per heavy atom. The van der Waals surface area contributed by atoms with Crippen LogP contribution in [0.3, 0.4) is 0 Å². The van der Waals surface area contributed by atoms with Crippen molar-refractivity contribution in [3.63, 3.8) is 0 Å². The molecule has 0 heterocycles. The lowest BCUT2D eigenvalue weighted by molar-refractivity contribution is 0.149. The highest BCUT2D eigenvalue weighted by atomic mass is 16.3. The molecule has 0 saturated heterocycles. The van der Waals surface area contributed by atoms with Crippen LogP contribution in [0.2, 0.25) is 0 Å². The first-order valence-electron chi connectivity index (χ1n) is 7.17. The summed E-state index contributed by atoms with van der Waals surface area (Å²) in [6.07, 6.45) is 15.5. The zero-order chi connectivity index (χ0) is 13.1. The fourth-order valence-corrected chi connectivity index (χ4v) is 2.88. The molecule has 0 bridgehead atoms. The maximum atomic E-state index is 10.4. The van der Waals surface area contributed by atoms with Gasteiger partial charge in [0.05, 0.1) is 6.10 Å². The minimum Gasteiger partial charge on any atom is -0.387 e. The largest absolute Gasteiger partial charge is 0.387 e. The SMILES string of the molecule is O[C@@H]1c2ccccc2C=C[C@@H]1/C=C/C1=CCCCC1. The Balaban J connectivity index is 1.77. The van der Waals surface area contributed by atoms with Crippen LogP contribution in [-0.2, 0) is 0 Å². The lowest BCUT2D eigenvalue weighted by Gasteiger charge is -2.23. The Bertz CT molecular complexity index is 536. The number of hydrogen-bond acceptors (Lipinski definition) is 1. The van der Waals surface area contributed by atoms with Crippen LogP contribution in [0.1, 0.15) is 42.9 Å². The number of hydrogen-bond donors (Lipinski definition) is 1. The first-order valence-corrected chi connectivity index (χ1v) is 7.17. The fraction of sp³-hybridized carbons (Fsp3) is 0.333. The van der Waals surface area contributed by atoms with E-state index in [0.29, 0.717) is 0 Å². The molecule has 2 aliphatic rings. The summed E-state index contributed by atoms with van der Waals surface area (Å²) in [6.45, 7) is 0. The van der Waals surface area contributed by atoms with E-state index < -0.39 is 6.10 Å². The molecule has 1 nitrogen and oxygen atoms in total. The highest BCUT2D eigenvalue weighted by molar-refractivity contribution is 5.58. The molecule has 2 atom stereocenters. The maximum Gasteiger partial charge on any atom is 0.0893 e. The second kappa shape index (κ2) is 5.58. The topological polar surface area (TPSA) is 20.2 Å². The van der Waals surface area contributed by atoms with E-state index in [0.717, 1.165) is 11.1 Å². The van der Waals surface area contributed by atoms with E-state index in [1.54, 1.807) is 0 Å². The molecular formula is C18H20O. The third-order valence-electron chi connectivity index (χ3n) is 4.04. The molecule has 3 rings (SSSR count). The maximum absolute atomic E-state index is 10.4. The number of rotatable bonds is 2. The Morgan fingerprint density at radius 1 is 1.16 bits per heavy atom. The molecule has 0 saturated carbocycles. The highest BCUT2D eigenvalue weighted by Gasteiger charge is 2.21. The van der Waals surface area contributed by atoms with Gasteiger partial charge in [-0.1, -0.05) is 60.2 Å². The van der Waals surface area contributed by atoms with Crippen molar-refractivity contribution in [1.29, 1.82) is 0 Å². The summed E-state index contributed by atoms with van der Waals surface area (Å²) < 4.78 is 0. The molecule has 0 aliphatic heterocycles. The number of fused-ring (bicyclic) bond motifs is 1. The van der Waals surface area contributed by atoms with E-state index in [2.05, 4.69) is 36.4 Å². The minimum atomic E-state index is -0.415. The number of aliphatic hydroxyl groups is 1. The molecular weight excluding hydrogens is 232 g/mol. The van der Waals surface area contributed by atoms with E-state index in [9.17, 15) is 5.11 Å².